The maximum absolute atomic E-state index is 5.76. The zero-order valence-electron chi connectivity index (χ0n) is 8.87. The van der Waals surface area contributed by atoms with E-state index in [9.17, 15) is 0 Å². The number of hydrazine groups is 1. The molecule has 2 fully saturated rings. The molecule has 0 bridgehead atoms. The second-order valence-corrected chi connectivity index (χ2v) is 4.71. The van der Waals surface area contributed by atoms with Crippen molar-refractivity contribution in [3.8, 4) is 0 Å². The van der Waals surface area contributed by atoms with Gasteiger partial charge in [0.25, 0.3) is 0 Å². The van der Waals surface area contributed by atoms with Gasteiger partial charge in [0.2, 0.25) is 0 Å². The fourth-order valence-electron chi connectivity index (χ4n) is 2.50. The lowest BCUT2D eigenvalue weighted by atomic mass is 9.79. The van der Waals surface area contributed by atoms with Gasteiger partial charge in [-0.15, -0.1) is 0 Å². The molecule has 3 heteroatoms. The molecule has 0 amide bonds. The molecule has 1 saturated heterocycles. The molecular weight excluding hydrogens is 176 g/mol. The quantitative estimate of drug-likeness (QED) is 0.532. The fraction of sp³-hybridized carbons (Fsp3) is 1.00. The van der Waals surface area contributed by atoms with E-state index in [2.05, 4.69) is 5.43 Å². The third-order valence-corrected chi connectivity index (χ3v) is 3.69. The summed E-state index contributed by atoms with van der Waals surface area (Å²) in [7, 11) is 0. The van der Waals surface area contributed by atoms with Crippen LogP contribution in [-0.2, 0) is 4.74 Å². The first-order valence-electron chi connectivity index (χ1n) is 5.98. The Labute approximate surface area is 86.4 Å². The number of nitrogens with two attached hydrogens (primary N) is 1. The van der Waals surface area contributed by atoms with E-state index in [1.165, 1.54) is 44.9 Å². The largest absolute Gasteiger partial charge is 0.377 e. The Kier molecular flexibility index (Phi) is 3.79. The molecule has 3 nitrogen and oxygen atoms in total. The summed E-state index contributed by atoms with van der Waals surface area (Å²) in [5.74, 6) is 6.50. The normalized spacial score (nSPS) is 31.1. The van der Waals surface area contributed by atoms with Gasteiger partial charge in [0.05, 0.1) is 6.10 Å². The first kappa shape index (κ1) is 10.4. The summed E-state index contributed by atoms with van der Waals surface area (Å²) in [5, 5.41) is 0. The number of rotatable bonds is 4. The number of hydrogen-bond acceptors (Lipinski definition) is 3. The van der Waals surface area contributed by atoms with Crippen molar-refractivity contribution in [2.45, 2.75) is 57.1 Å². The molecule has 0 radical (unpaired) electrons. The van der Waals surface area contributed by atoms with E-state index in [4.69, 9.17) is 10.6 Å². The topological polar surface area (TPSA) is 47.3 Å². The highest BCUT2D eigenvalue weighted by Gasteiger charge is 2.28. The van der Waals surface area contributed by atoms with Gasteiger partial charge in [0.15, 0.2) is 0 Å². The lowest BCUT2D eigenvalue weighted by Gasteiger charge is -2.35. The van der Waals surface area contributed by atoms with Crippen LogP contribution in [-0.4, -0.2) is 18.8 Å². The van der Waals surface area contributed by atoms with E-state index in [1.807, 2.05) is 0 Å². The monoisotopic (exact) mass is 198 g/mol. The smallest absolute Gasteiger partial charge is 0.0741 e. The van der Waals surface area contributed by atoms with E-state index >= 15 is 0 Å². The van der Waals surface area contributed by atoms with Gasteiger partial charge in [-0.05, 0) is 31.6 Å². The van der Waals surface area contributed by atoms with Crippen LogP contribution in [0.3, 0.4) is 0 Å². The SMILES string of the molecule is NNC(CC1CCC1)C1CCCCO1. The van der Waals surface area contributed by atoms with Crippen molar-refractivity contribution in [2.75, 3.05) is 6.61 Å². The molecule has 0 aromatic rings. The van der Waals surface area contributed by atoms with Gasteiger partial charge in [-0.1, -0.05) is 19.3 Å². The van der Waals surface area contributed by atoms with Gasteiger partial charge in [-0.2, -0.15) is 0 Å². The molecule has 2 rings (SSSR count). The molecule has 2 aliphatic rings. The molecule has 1 heterocycles. The highest BCUT2D eigenvalue weighted by molar-refractivity contribution is 4.83. The van der Waals surface area contributed by atoms with Crippen LogP contribution in [0.2, 0.25) is 0 Å². The molecule has 1 saturated carbocycles. The zero-order chi connectivity index (χ0) is 9.80. The second kappa shape index (κ2) is 5.10. The molecule has 0 spiro atoms. The summed E-state index contributed by atoms with van der Waals surface area (Å²) in [6.07, 6.45) is 9.48. The summed E-state index contributed by atoms with van der Waals surface area (Å²) in [6, 6.07) is 0.389. The zero-order valence-corrected chi connectivity index (χ0v) is 8.87. The Morgan fingerprint density at radius 2 is 2.07 bits per heavy atom. The summed E-state index contributed by atoms with van der Waals surface area (Å²) >= 11 is 0. The maximum atomic E-state index is 5.76. The Hall–Kier alpha value is -0.120. The van der Waals surface area contributed by atoms with Crippen molar-refractivity contribution >= 4 is 0 Å². The van der Waals surface area contributed by atoms with Crippen molar-refractivity contribution in [1.29, 1.82) is 0 Å². The molecule has 0 aromatic carbocycles. The molecular formula is C11H22N2O. The Bertz CT molecular complexity index is 165. The summed E-state index contributed by atoms with van der Waals surface area (Å²) in [4.78, 5) is 0. The predicted molar refractivity (Wildman–Crippen MR) is 56.7 cm³/mol. The van der Waals surface area contributed by atoms with Crippen LogP contribution in [0, 0.1) is 5.92 Å². The minimum absolute atomic E-state index is 0.370. The molecule has 3 N–H and O–H groups in total. The average Bonchev–Trinajstić information content (AvgIpc) is 2.18. The number of nitrogens with one attached hydrogen (secondary N) is 1. The lowest BCUT2D eigenvalue weighted by molar-refractivity contribution is -0.0153. The number of hydrogen-bond donors (Lipinski definition) is 2. The van der Waals surface area contributed by atoms with Crippen molar-refractivity contribution < 1.29 is 4.74 Å². The van der Waals surface area contributed by atoms with E-state index in [1.54, 1.807) is 0 Å². The minimum Gasteiger partial charge on any atom is -0.377 e. The predicted octanol–water partition coefficient (Wildman–Crippen LogP) is 1.58. The van der Waals surface area contributed by atoms with Gasteiger partial charge in [-0.3, -0.25) is 11.3 Å². The van der Waals surface area contributed by atoms with Crippen LogP contribution in [0.4, 0.5) is 0 Å². The minimum atomic E-state index is 0.370. The molecule has 82 valence electrons. The summed E-state index contributed by atoms with van der Waals surface area (Å²) in [5.41, 5.74) is 2.95. The van der Waals surface area contributed by atoms with Crippen molar-refractivity contribution in [3.63, 3.8) is 0 Å². The Morgan fingerprint density at radius 1 is 1.21 bits per heavy atom. The van der Waals surface area contributed by atoms with Crippen LogP contribution in [0.5, 0.6) is 0 Å². The third-order valence-electron chi connectivity index (χ3n) is 3.69. The van der Waals surface area contributed by atoms with Crippen LogP contribution in [0.25, 0.3) is 0 Å². The van der Waals surface area contributed by atoms with Gasteiger partial charge in [0.1, 0.15) is 0 Å². The lowest BCUT2D eigenvalue weighted by Crippen LogP contribution is -2.47. The van der Waals surface area contributed by atoms with Crippen LogP contribution in [0.1, 0.15) is 44.9 Å². The highest BCUT2D eigenvalue weighted by atomic mass is 16.5. The molecule has 2 atom stereocenters. The first-order chi connectivity index (χ1) is 6.90. The van der Waals surface area contributed by atoms with Gasteiger partial charge >= 0.3 is 0 Å². The van der Waals surface area contributed by atoms with E-state index in [0.29, 0.717) is 12.1 Å². The fourth-order valence-corrected chi connectivity index (χ4v) is 2.50. The van der Waals surface area contributed by atoms with Crippen LogP contribution in [0.15, 0.2) is 0 Å². The van der Waals surface area contributed by atoms with E-state index in [0.717, 1.165) is 12.5 Å². The summed E-state index contributed by atoms with van der Waals surface area (Å²) < 4.78 is 5.76. The molecule has 0 aromatic heterocycles. The van der Waals surface area contributed by atoms with E-state index in [-0.39, 0.29) is 0 Å². The molecule has 14 heavy (non-hydrogen) atoms. The van der Waals surface area contributed by atoms with Gasteiger partial charge in [0, 0.05) is 12.6 Å². The molecule has 1 aliphatic carbocycles. The highest BCUT2D eigenvalue weighted by Crippen LogP contribution is 2.32. The van der Waals surface area contributed by atoms with Gasteiger partial charge < -0.3 is 4.74 Å². The van der Waals surface area contributed by atoms with Crippen molar-refractivity contribution in [3.05, 3.63) is 0 Å². The average molecular weight is 198 g/mol. The first-order valence-corrected chi connectivity index (χ1v) is 5.98. The van der Waals surface area contributed by atoms with Crippen LogP contribution >= 0.6 is 0 Å². The Morgan fingerprint density at radius 3 is 2.57 bits per heavy atom. The molecule has 1 aliphatic heterocycles. The van der Waals surface area contributed by atoms with Crippen LogP contribution < -0.4 is 11.3 Å². The maximum Gasteiger partial charge on any atom is 0.0741 e. The molecule has 2 unspecified atom stereocenters. The van der Waals surface area contributed by atoms with Crippen molar-refractivity contribution in [1.82, 2.24) is 5.43 Å². The van der Waals surface area contributed by atoms with Gasteiger partial charge in [-0.25, -0.2) is 0 Å². The van der Waals surface area contributed by atoms with E-state index < -0.39 is 0 Å². The third kappa shape index (κ3) is 2.47. The summed E-state index contributed by atoms with van der Waals surface area (Å²) in [6.45, 7) is 0.924. The van der Waals surface area contributed by atoms with Crippen molar-refractivity contribution in [2.24, 2.45) is 11.8 Å². The second-order valence-electron chi connectivity index (χ2n) is 4.71. The standard InChI is InChI=1S/C11H22N2O/c12-13-10(8-9-4-3-5-9)11-6-1-2-7-14-11/h9-11,13H,1-8,12H2. The number of ether oxygens (including phenoxy) is 1. The Balaban J connectivity index is 1.77.